The van der Waals surface area contributed by atoms with Crippen LogP contribution in [0.25, 0.3) is 0 Å². The van der Waals surface area contributed by atoms with Gasteiger partial charge in [0.2, 0.25) is 0 Å². The molecular formula is C16H14ClNO2S2. The highest BCUT2D eigenvalue weighted by Crippen LogP contribution is 2.54. The van der Waals surface area contributed by atoms with Crippen LogP contribution in [0.2, 0.25) is 5.02 Å². The van der Waals surface area contributed by atoms with Gasteiger partial charge in [-0.1, -0.05) is 54.2 Å². The van der Waals surface area contributed by atoms with Crippen molar-refractivity contribution in [2.24, 2.45) is 11.7 Å². The van der Waals surface area contributed by atoms with Crippen molar-refractivity contribution in [3.8, 4) is 0 Å². The SMILES string of the molecule is NC(=S)[C@@H]1[C@H](c2ccccc2)[C@@H]1S(=O)(=O)c1ccc(Cl)cc1. The predicted molar refractivity (Wildman–Crippen MR) is 91.9 cm³/mol. The third kappa shape index (κ3) is 2.64. The summed E-state index contributed by atoms with van der Waals surface area (Å²) in [5.74, 6) is -0.502. The molecule has 1 saturated carbocycles. The van der Waals surface area contributed by atoms with E-state index in [1.54, 1.807) is 12.1 Å². The van der Waals surface area contributed by atoms with E-state index >= 15 is 0 Å². The minimum absolute atomic E-state index is 0.181. The highest BCUT2D eigenvalue weighted by molar-refractivity contribution is 7.92. The number of sulfone groups is 1. The third-order valence-corrected chi connectivity index (χ3v) is 6.72. The van der Waals surface area contributed by atoms with Gasteiger partial charge in [-0.2, -0.15) is 0 Å². The van der Waals surface area contributed by atoms with Crippen LogP contribution >= 0.6 is 23.8 Å². The van der Waals surface area contributed by atoms with Crippen LogP contribution in [0.1, 0.15) is 11.5 Å². The lowest BCUT2D eigenvalue weighted by molar-refractivity contribution is 0.593. The fraction of sp³-hybridized carbons (Fsp3) is 0.188. The molecule has 0 aliphatic heterocycles. The van der Waals surface area contributed by atoms with Gasteiger partial charge in [0.25, 0.3) is 0 Å². The summed E-state index contributed by atoms with van der Waals surface area (Å²) in [5, 5.41) is -0.103. The van der Waals surface area contributed by atoms with Gasteiger partial charge in [-0.15, -0.1) is 0 Å². The Morgan fingerprint density at radius 3 is 2.18 bits per heavy atom. The minimum atomic E-state index is -3.50. The van der Waals surface area contributed by atoms with Crippen LogP contribution in [-0.4, -0.2) is 18.7 Å². The number of hydrogen-bond donors (Lipinski definition) is 1. The topological polar surface area (TPSA) is 60.2 Å². The average molecular weight is 352 g/mol. The van der Waals surface area contributed by atoms with Crippen LogP contribution in [0, 0.1) is 5.92 Å². The Morgan fingerprint density at radius 1 is 1.05 bits per heavy atom. The molecule has 6 heteroatoms. The lowest BCUT2D eigenvalue weighted by atomic mass is 10.1. The molecule has 0 amide bonds. The zero-order chi connectivity index (χ0) is 15.9. The number of thiocarbonyl (C=S) groups is 1. The summed E-state index contributed by atoms with van der Waals surface area (Å²) in [5.41, 5.74) is 6.71. The molecule has 1 aliphatic rings. The number of rotatable bonds is 4. The Labute approximate surface area is 140 Å². The van der Waals surface area contributed by atoms with Crippen molar-refractivity contribution in [3.63, 3.8) is 0 Å². The van der Waals surface area contributed by atoms with Gasteiger partial charge in [0.05, 0.1) is 15.1 Å². The Morgan fingerprint density at radius 2 is 1.64 bits per heavy atom. The van der Waals surface area contributed by atoms with E-state index in [-0.39, 0.29) is 21.7 Å². The molecule has 0 radical (unpaired) electrons. The molecule has 1 fully saturated rings. The summed E-state index contributed by atoms with van der Waals surface area (Å²) in [7, 11) is -3.50. The molecule has 3 nitrogen and oxygen atoms in total. The van der Waals surface area contributed by atoms with Gasteiger partial charge >= 0.3 is 0 Å². The van der Waals surface area contributed by atoms with E-state index in [9.17, 15) is 8.42 Å². The Balaban J connectivity index is 1.99. The molecule has 2 N–H and O–H groups in total. The first kappa shape index (κ1) is 15.5. The average Bonchev–Trinajstić information content (AvgIpc) is 3.25. The summed E-state index contributed by atoms with van der Waals surface area (Å²) in [4.78, 5) is 0.498. The van der Waals surface area contributed by atoms with Gasteiger partial charge in [-0.3, -0.25) is 0 Å². The van der Waals surface area contributed by atoms with Gasteiger partial charge in [0.1, 0.15) is 0 Å². The summed E-state index contributed by atoms with van der Waals surface area (Å²) in [6.07, 6.45) is 0. The fourth-order valence-corrected chi connectivity index (χ4v) is 5.52. The summed E-state index contributed by atoms with van der Waals surface area (Å²) in [6.45, 7) is 0. The lowest BCUT2D eigenvalue weighted by Gasteiger charge is -2.04. The second-order valence-corrected chi connectivity index (χ2v) is 8.34. The van der Waals surface area contributed by atoms with Gasteiger partial charge in [-0.25, -0.2) is 8.42 Å². The molecule has 22 heavy (non-hydrogen) atoms. The summed E-state index contributed by atoms with van der Waals surface area (Å²) >= 11 is 10.9. The molecule has 0 saturated heterocycles. The molecule has 0 aromatic heterocycles. The third-order valence-electron chi connectivity index (χ3n) is 3.97. The predicted octanol–water partition coefficient (Wildman–Crippen LogP) is 3.18. The highest BCUT2D eigenvalue weighted by Gasteiger charge is 2.60. The Kier molecular flexibility index (Phi) is 3.97. The van der Waals surface area contributed by atoms with E-state index < -0.39 is 15.1 Å². The van der Waals surface area contributed by atoms with E-state index in [1.807, 2.05) is 30.3 Å². The first-order valence-corrected chi connectivity index (χ1v) is 9.10. The standard InChI is InChI=1S/C16H14ClNO2S2/c17-11-6-8-12(9-7-11)22(19,20)15-13(14(15)16(18)21)10-4-2-1-3-5-10/h1-9,13-15H,(H2,18,21)/t13-,14+,15-/m0/s1. The maximum Gasteiger partial charge on any atom is 0.182 e. The molecule has 0 spiro atoms. The van der Waals surface area contributed by atoms with Crippen LogP contribution in [-0.2, 0) is 9.84 Å². The summed E-state index contributed by atoms with van der Waals surface area (Å²) in [6, 6.07) is 15.7. The van der Waals surface area contributed by atoms with E-state index in [2.05, 4.69) is 0 Å². The van der Waals surface area contributed by atoms with Crippen LogP contribution < -0.4 is 5.73 Å². The molecule has 0 unspecified atom stereocenters. The smallest absolute Gasteiger partial charge is 0.182 e. The largest absolute Gasteiger partial charge is 0.393 e. The zero-order valence-electron chi connectivity index (χ0n) is 11.5. The normalized spacial score (nSPS) is 24.0. The van der Waals surface area contributed by atoms with Crippen molar-refractivity contribution < 1.29 is 8.42 Å². The minimum Gasteiger partial charge on any atom is -0.393 e. The van der Waals surface area contributed by atoms with E-state index in [4.69, 9.17) is 29.6 Å². The van der Waals surface area contributed by atoms with E-state index in [0.29, 0.717) is 5.02 Å². The van der Waals surface area contributed by atoms with Gasteiger partial charge in [-0.05, 0) is 29.8 Å². The second-order valence-electron chi connectivity index (χ2n) is 5.33. The van der Waals surface area contributed by atoms with Crippen molar-refractivity contribution in [1.82, 2.24) is 0 Å². The van der Waals surface area contributed by atoms with Crippen LogP contribution in [0.4, 0.5) is 0 Å². The Bertz CT molecular complexity index is 804. The number of halogens is 1. The van der Waals surface area contributed by atoms with Crippen molar-refractivity contribution in [1.29, 1.82) is 0 Å². The Hall–Kier alpha value is -1.43. The number of nitrogens with two attached hydrogens (primary N) is 1. The van der Waals surface area contributed by atoms with Gasteiger partial charge in [0.15, 0.2) is 9.84 Å². The van der Waals surface area contributed by atoms with Crippen LogP contribution in [0.5, 0.6) is 0 Å². The molecule has 0 bridgehead atoms. The molecule has 114 valence electrons. The van der Waals surface area contributed by atoms with Crippen molar-refractivity contribution in [2.75, 3.05) is 0 Å². The first-order chi connectivity index (χ1) is 10.4. The molecule has 3 atom stereocenters. The lowest BCUT2D eigenvalue weighted by Crippen LogP contribution is -2.17. The monoisotopic (exact) mass is 351 g/mol. The second kappa shape index (κ2) is 5.65. The fourth-order valence-electron chi connectivity index (χ4n) is 2.86. The maximum atomic E-state index is 12.8. The highest BCUT2D eigenvalue weighted by atomic mass is 35.5. The molecule has 2 aromatic rings. The molecule has 2 aromatic carbocycles. The molecule has 3 rings (SSSR count). The summed E-state index contributed by atoms with van der Waals surface area (Å²) < 4.78 is 25.7. The molecule has 1 aliphatic carbocycles. The zero-order valence-corrected chi connectivity index (χ0v) is 13.9. The number of benzene rings is 2. The van der Waals surface area contributed by atoms with Crippen LogP contribution in [0.3, 0.4) is 0 Å². The molecular weight excluding hydrogens is 338 g/mol. The number of hydrogen-bond acceptors (Lipinski definition) is 3. The molecule has 0 heterocycles. The quantitative estimate of drug-likeness (QED) is 0.859. The van der Waals surface area contributed by atoms with Gasteiger partial charge < -0.3 is 5.73 Å². The van der Waals surface area contributed by atoms with Crippen molar-refractivity contribution in [3.05, 3.63) is 65.2 Å². The van der Waals surface area contributed by atoms with E-state index in [1.165, 1.54) is 12.1 Å². The maximum absolute atomic E-state index is 12.8. The van der Waals surface area contributed by atoms with Crippen molar-refractivity contribution in [2.45, 2.75) is 16.1 Å². The van der Waals surface area contributed by atoms with E-state index in [0.717, 1.165) is 5.56 Å². The van der Waals surface area contributed by atoms with Gasteiger partial charge in [0, 0.05) is 16.9 Å². The van der Waals surface area contributed by atoms with Crippen molar-refractivity contribution >= 4 is 38.6 Å². The van der Waals surface area contributed by atoms with Crippen LogP contribution in [0.15, 0.2) is 59.5 Å². The first-order valence-electron chi connectivity index (χ1n) is 6.76.